The topological polar surface area (TPSA) is 86.8 Å². The number of tetrazole rings is 1. The van der Waals surface area contributed by atoms with Crippen molar-refractivity contribution in [3.63, 3.8) is 0 Å². The van der Waals surface area contributed by atoms with E-state index < -0.39 is 5.41 Å². The Kier molecular flexibility index (Phi) is 4.32. The number of aromatic amines is 1. The Labute approximate surface area is 125 Å². The third kappa shape index (κ3) is 2.79. The first-order chi connectivity index (χ1) is 9.85. The number of nitrogens with zero attached hydrogens (tertiary/aromatic N) is 4. The first-order valence-corrected chi connectivity index (χ1v) is 7.59. The number of carbonyl (C=O) groups is 1. The Bertz CT molecular complexity index is 480. The predicted octanol–water partition coefficient (Wildman–Crippen LogP) is 0.714. The van der Waals surface area contributed by atoms with Crippen molar-refractivity contribution in [1.82, 2.24) is 30.8 Å². The van der Waals surface area contributed by atoms with Crippen LogP contribution in [-0.4, -0.2) is 57.6 Å². The Balaban J connectivity index is 2.21. The second kappa shape index (κ2) is 5.71. The number of carbonyl (C=O) groups excluding carboxylic acids is 1. The summed E-state index contributed by atoms with van der Waals surface area (Å²) in [5.74, 6) is 0.483. The third-order valence-corrected chi connectivity index (χ3v) is 4.84. The summed E-state index contributed by atoms with van der Waals surface area (Å²) in [4.78, 5) is 15.2. The highest BCUT2D eigenvalue weighted by Crippen LogP contribution is 2.32. The minimum absolute atomic E-state index is 0.00211. The van der Waals surface area contributed by atoms with Crippen molar-refractivity contribution in [2.24, 2.45) is 5.41 Å². The van der Waals surface area contributed by atoms with Gasteiger partial charge in [0.15, 0.2) is 5.82 Å². The standard InChI is InChI=1S/C14H26N6O/c1-6-14(7-2,11-16-18-19-17-11)12(21)15-10-8-20(5)9-13(10,3)4/h10H,6-9H2,1-5H3,(H,15,21)(H,16,17,18,19). The fraction of sp³-hybridized carbons (Fsp3) is 0.857. The zero-order valence-corrected chi connectivity index (χ0v) is 13.6. The van der Waals surface area contributed by atoms with Gasteiger partial charge in [0.05, 0.1) is 0 Å². The van der Waals surface area contributed by atoms with E-state index >= 15 is 0 Å². The molecule has 21 heavy (non-hydrogen) atoms. The van der Waals surface area contributed by atoms with Crippen LogP contribution < -0.4 is 5.32 Å². The van der Waals surface area contributed by atoms with Gasteiger partial charge in [-0.1, -0.05) is 32.9 Å². The van der Waals surface area contributed by atoms with Gasteiger partial charge in [0.2, 0.25) is 5.91 Å². The molecule has 1 saturated heterocycles. The number of likely N-dealkylation sites (tertiary alicyclic amines) is 1. The number of aromatic nitrogens is 4. The molecule has 0 aliphatic carbocycles. The molecule has 1 aliphatic rings. The minimum Gasteiger partial charge on any atom is -0.351 e. The molecule has 1 aromatic rings. The Hall–Kier alpha value is -1.50. The van der Waals surface area contributed by atoms with Gasteiger partial charge < -0.3 is 10.2 Å². The van der Waals surface area contributed by atoms with Crippen molar-refractivity contribution in [2.45, 2.75) is 52.0 Å². The molecule has 0 saturated carbocycles. The van der Waals surface area contributed by atoms with Crippen LogP contribution in [0.15, 0.2) is 0 Å². The number of likely N-dealkylation sites (N-methyl/N-ethyl adjacent to an activating group) is 1. The molecule has 0 bridgehead atoms. The normalized spacial score (nSPS) is 22.4. The lowest BCUT2D eigenvalue weighted by Crippen LogP contribution is -2.52. The summed E-state index contributed by atoms with van der Waals surface area (Å²) in [6.07, 6.45) is 1.30. The molecule has 2 rings (SSSR count). The monoisotopic (exact) mass is 294 g/mol. The van der Waals surface area contributed by atoms with Crippen LogP contribution in [0.25, 0.3) is 0 Å². The Morgan fingerprint density at radius 1 is 1.48 bits per heavy atom. The molecular formula is C14H26N6O. The summed E-state index contributed by atoms with van der Waals surface area (Å²) in [6, 6.07) is 0.138. The van der Waals surface area contributed by atoms with Crippen LogP contribution in [0.1, 0.15) is 46.4 Å². The molecule has 7 heteroatoms. The molecular weight excluding hydrogens is 268 g/mol. The van der Waals surface area contributed by atoms with E-state index in [0.717, 1.165) is 13.1 Å². The van der Waals surface area contributed by atoms with Gasteiger partial charge in [-0.25, -0.2) is 0 Å². The summed E-state index contributed by atoms with van der Waals surface area (Å²) in [5.41, 5.74) is -0.640. The molecule has 1 atom stereocenters. The highest BCUT2D eigenvalue weighted by atomic mass is 16.2. The molecule has 0 radical (unpaired) electrons. The van der Waals surface area contributed by atoms with Crippen molar-refractivity contribution in [3.8, 4) is 0 Å². The van der Waals surface area contributed by atoms with E-state index in [0.29, 0.717) is 18.7 Å². The van der Waals surface area contributed by atoms with E-state index in [9.17, 15) is 4.79 Å². The fourth-order valence-corrected chi connectivity index (χ4v) is 3.32. The maximum Gasteiger partial charge on any atom is 0.234 e. The van der Waals surface area contributed by atoms with Gasteiger partial charge >= 0.3 is 0 Å². The molecule has 2 N–H and O–H groups in total. The molecule has 1 aliphatic heterocycles. The highest BCUT2D eigenvalue weighted by molar-refractivity contribution is 5.87. The molecule has 1 amide bonds. The number of H-pyrrole nitrogens is 1. The van der Waals surface area contributed by atoms with Crippen molar-refractivity contribution in [3.05, 3.63) is 5.82 Å². The van der Waals surface area contributed by atoms with Crippen molar-refractivity contribution < 1.29 is 4.79 Å². The van der Waals surface area contributed by atoms with Gasteiger partial charge in [0.25, 0.3) is 0 Å². The molecule has 118 valence electrons. The van der Waals surface area contributed by atoms with Gasteiger partial charge in [-0.2, -0.15) is 5.21 Å². The summed E-state index contributed by atoms with van der Waals surface area (Å²) in [5, 5.41) is 17.4. The molecule has 1 unspecified atom stereocenters. The molecule has 1 aromatic heterocycles. The number of amides is 1. The largest absolute Gasteiger partial charge is 0.351 e. The average Bonchev–Trinajstić information content (AvgIpc) is 3.01. The maximum absolute atomic E-state index is 12.9. The van der Waals surface area contributed by atoms with E-state index in [-0.39, 0.29) is 17.4 Å². The van der Waals surface area contributed by atoms with Crippen molar-refractivity contribution in [1.29, 1.82) is 0 Å². The van der Waals surface area contributed by atoms with Crippen LogP contribution in [0, 0.1) is 5.41 Å². The Morgan fingerprint density at radius 2 is 2.14 bits per heavy atom. The van der Waals surface area contributed by atoms with Gasteiger partial charge in [-0.15, -0.1) is 10.2 Å². The number of nitrogens with one attached hydrogen (secondary N) is 2. The van der Waals surface area contributed by atoms with Gasteiger partial charge in [0.1, 0.15) is 5.41 Å². The zero-order valence-electron chi connectivity index (χ0n) is 13.6. The molecule has 2 heterocycles. The van der Waals surface area contributed by atoms with Gasteiger partial charge in [0, 0.05) is 19.1 Å². The average molecular weight is 294 g/mol. The quantitative estimate of drug-likeness (QED) is 0.835. The van der Waals surface area contributed by atoms with E-state index in [1.54, 1.807) is 0 Å². The smallest absolute Gasteiger partial charge is 0.234 e. The van der Waals surface area contributed by atoms with Crippen molar-refractivity contribution in [2.75, 3.05) is 20.1 Å². The molecule has 1 fully saturated rings. The molecule has 0 spiro atoms. The van der Waals surface area contributed by atoms with Crippen LogP contribution in [0.5, 0.6) is 0 Å². The van der Waals surface area contributed by atoms with Gasteiger partial charge in [-0.3, -0.25) is 4.79 Å². The minimum atomic E-state index is -0.704. The zero-order chi connectivity index (χ0) is 15.7. The second-order valence-corrected chi connectivity index (χ2v) is 6.74. The van der Waals surface area contributed by atoms with E-state index in [2.05, 4.69) is 51.7 Å². The third-order valence-electron chi connectivity index (χ3n) is 4.84. The number of hydrogen-bond donors (Lipinski definition) is 2. The first-order valence-electron chi connectivity index (χ1n) is 7.59. The van der Waals surface area contributed by atoms with Crippen molar-refractivity contribution >= 4 is 5.91 Å². The number of hydrogen-bond acceptors (Lipinski definition) is 5. The van der Waals surface area contributed by atoms with Crippen LogP contribution in [0.2, 0.25) is 0 Å². The summed E-state index contributed by atoms with van der Waals surface area (Å²) in [6.45, 7) is 10.2. The lowest BCUT2D eigenvalue weighted by molar-refractivity contribution is -0.128. The van der Waals surface area contributed by atoms with Crippen LogP contribution in [0.4, 0.5) is 0 Å². The highest BCUT2D eigenvalue weighted by Gasteiger charge is 2.45. The SMILES string of the molecule is CCC(CC)(C(=O)NC1CN(C)CC1(C)C)c1nn[nH]n1. The lowest BCUT2D eigenvalue weighted by Gasteiger charge is -2.32. The molecule has 7 nitrogen and oxygen atoms in total. The van der Waals surface area contributed by atoms with Crippen LogP contribution in [-0.2, 0) is 10.2 Å². The second-order valence-electron chi connectivity index (χ2n) is 6.74. The predicted molar refractivity (Wildman–Crippen MR) is 79.6 cm³/mol. The summed E-state index contributed by atoms with van der Waals surface area (Å²) >= 11 is 0. The molecule has 0 aromatic carbocycles. The summed E-state index contributed by atoms with van der Waals surface area (Å²) < 4.78 is 0. The Morgan fingerprint density at radius 3 is 2.57 bits per heavy atom. The van der Waals surface area contributed by atoms with Crippen LogP contribution in [0.3, 0.4) is 0 Å². The maximum atomic E-state index is 12.9. The number of rotatable bonds is 5. The summed E-state index contributed by atoms with van der Waals surface area (Å²) in [7, 11) is 2.08. The van der Waals surface area contributed by atoms with E-state index in [1.807, 2.05) is 13.8 Å². The van der Waals surface area contributed by atoms with Gasteiger partial charge in [-0.05, 0) is 25.3 Å². The van der Waals surface area contributed by atoms with Crippen LogP contribution >= 0.6 is 0 Å². The van der Waals surface area contributed by atoms with E-state index in [1.165, 1.54) is 0 Å². The fourth-order valence-electron chi connectivity index (χ4n) is 3.32. The van der Waals surface area contributed by atoms with E-state index in [4.69, 9.17) is 0 Å². The lowest BCUT2D eigenvalue weighted by atomic mass is 9.79. The first kappa shape index (κ1) is 15.9.